The highest BCUT2D eigenvalue weighted by atomic mass is 16.5. The Hall–Kier alpha value is -1.22. The Morgan fingerprint density at radius 2 is 1.48 bits per heavy atom. The van der Waals surface area contributed by atoms with Crippen molar-refractivity contribution in [2.75, 3.05) is 52.7 Å². The van der Waals surface area contributed by atoms with Crippen molar-refractivity contribution in [2.45, 2.75) is 19.3 Å². The number of amides is 1. The molecule has 0 saturated carbocycles. The minimum atomic E-state index is -0.889. The Kier molecular flexibility index (Phi) is 14.3. The van der Waals surface area contributed by atoms with E-state index in [2.05, 4.69) is 5.32 Å². The summed E-state index contributed by atoms with van der Waals surface area (Å²) in [6.07, 6.45) is 0.580. The van der Waals surface area contributed by atoms with Gasteiger partial charge in [0, 0.05) is 25.9 Å². The van der Waals surface area contributed by atoms with Crippen molar-refractivity contribution >= 4 is 11.9 Å². The van der Waals surface area contributed by atoms with Crippen molar-refractivity contribution in [1.29, 1.82) is 0 Å². The summed E-state index contributed by atoms with van der Waals surface area (Å²) in [5.41, 5.74) is 5.26. The van der Waals surface area contributed by atoms with E-state index in [0.717, 1.165) is 0 Å². The average Bonchev–Trinajstić information content (AvgIpc) is 2.44. The second-order valence-corrected chi connectivity index (χ2v) is 4.22. The van der Waals surface area contributed by atoms with Gasteiger partial charge < -0.3 is 30.4 Å². The second kappa shape index (κ2) is 15.2. The van der Waals surface area contributed by atoms with Gasteiger partial charge >= 0.3 is 5.97 Å². The van der Waals surface area contributed by atoms with Crippen molar-refractivity contribution in [3.8, 4) is 0 Å². The van der Waals surface area contributed by atoms with E-state index >= 15 is 0 Å². The fourth-order valence-electron chi connectivity index (χ4n) is 1.38. The van der Waals surface area contributed by atoms with Crippen molar-refractivity contribution in [1.82, 2.24) is 5.32 Å². The highest BCUT2D eigenvalue weighted by Crippen LogP contribution is 1.94. The van der Waals surface area contributed by atoms with E-state index in [-0.39, 0.29) is 18.7 Å². The van der Waals surface area contributed by atoms with Crippen LogP contribution in [0.2, 0.25) is 0 Å². The van der Waals surface area contributed by atoms with E-state index in [4.69, 9.17) is 25.1 Å². The lowest BCUT2D eigenvalue weighted by Crippen LogP contribution is -2.27. The summed E-state index contributed by atoms with van der Waals surface area (Å²) in [7, 11) is 0. The quantitative estimate of drug-likeness (QED) is 0.344. The van der Waals surface area contributed by atoms with E-state index in [1.54, 1.807) is 0 Å². The molecule has 0 heterocycles. The Morgan fingerprint density at radius 3 is 2.05 bits per heavy atom. The molecular formula is C13H26N2O6. The molecule has 0 aromatic heterocycles. The summed E-state index contributed by atoms with van der Waals surface area (Å²) in [5, 5.41) is 11.1. The minimum Gasteiger partial charge on any atom is -0.481 e. The Balaban J connectivity index is 3.14. The predicted molar refractivity (Wildman–Crippen MR) is 76.0 cm³/mol. The monoisotopic (exact) mass is 306 g/mol. The van der Waals surface area contributed by atoms with Crippen LogP contribution in [0.4, 0.5) is 0 Å². The maximum Gasteiger partial charge on any atom is 0.303 e. The maximum atomic E-state index is 11.3. The highest BCUT2D eigenvalue weighted by Gasteiger charge is 2.02. The fourth-order valence-corrected chi connectivity index (χ4v) is 1.38. The molecule has 0 aliphatic heterocycles. The molecule has 0 aromatic rings. The first-order valence-corrected chi connectivity index (χ1v) is 7.08. The SMILES string of the molecule is NCCOCCOCCOCCNC(=O)CCCC(=O)O. The van der Waals surface area contributed by atoms with Gasteiger partial charge in [0.05, 0.1) is 39.6 Å². The molecule has 4 N–H and O–H groups in total. The van der Waals surface area contributed by atoms with E-state index in [1.165, 1.54) is 0 Å². The van der Waals surface area contributed by atoms with Crippen LogP contribution in [0.1, 0.15) is 19.3 Å². The lowest BCUT2D eigenvalue weighted by molar-refractivity contribution is -0.137. The number of aliphatic carboxylic acids is 1. The lowest BCUT2D eigenvalue weighted by Gasteiger charge is -2.07. The van der Waals surface area contributed by atoms with Gasteiger partial charge in [-0.15, -0.1) is 0 Å². The standard InChI is InChI=1S/C13H26N2O6/c14-4-6-19-8-10-21-11-9-20-7-5-15-12(16)2-1-3-13(17)18/h1-11,14H2,(H,15,16)(H,17,18). The molecule has 0 fully saturated rings. The van der Waals surface area contributed by atoms with Crippen molar-refractivity contribution < 1.29 is 28.9 Å². The Bertz CT molecular complexity index is 275. The van der Waals surface area contributed by atoms with Crippen LogP contribution in [0.5, 0.6) is 0 Å². The number of ether oxygens (including phenoxy) is 3. The molecule has 0 atom stereocenters. The molecule has 1 amide bonds. The smallest absolute Gasteiger partial charge is 0.303 e. The third-order valence-electron chi connectivity index (χ3n) is 2.37. The Labute approximate surface area is 124 Å². The third-order valence-corrected chi connectivity index (χ3v) is 2.37. The van der Waals surface area contributed by atoms with Gasteiger partial charge in [0.2, 0.25) is 5.91 Å². The van der Waals surface area contributed by atoms with E-state index in [9.17, 15) is 9.59 Å². The van der Waals surface area contributed by atoms with Crippen LogP contribution in [0, 0.1) is 0 Å². The summed E-state index contributed by atoms with van der Waals surface area (Å²) in [5.74, 6) is -1.05. The van der Waals surface area contributed by atoms with Gasteiger partial charge in [0.1, 0.15) is 0 Å². The fraction of sp³-hybridized carbons (Fsp3) is 0.846. The third kappa shape index (κ3) is 16.7. The molecule has 0 spiro atoms. The van der Waals surface area contributed by atoms with E-state index in [1.807, 2.05) is 0 Å². The first-order valence-electron chi connectivity index (χ1n) is 7.08. The van der Waals surface area contributed by atoms with Crippen LogP contribution in [0.3, 0.4) is 0 Å². The zero-order valence-electron chi connectivity index (χ0n) is 12.3. The molecule has 0 bridgehead atoms. The molecule has 0 aromatic carbocycles. The van der Waals surface area contributed by atoms with Crippen molar-refractivity contribution in [3.63, 3.8) is 0 Å². The highest BCUT2D eigenvalue weighted by molar-refractivity contribution is 5.76. The molecule has 0 saturated heterocycles. The van der Waals surface area contributed by atoms with Gasteiger partial charge in [-0.25, -0.2) is 0 Å². The number of carboxylic acid groups (broad SMARTS) is 1. The summed E-state index contributed by atoms with van der Waals surface area (Å²) >= 11 is 0. The number of rotatable bonds is 15. The second-order valence-electron chi connectivity index (χ2n) is 4.22. The van der Waals surface area contributed by atoms with E-state index < -0.39 is 5.97 Å². The molecule has 124 valence electrons. The normalized spacial score (nSPS) is 10.5. The van der Waals surface area contributed by atoms with Gasteiger partial charge in [-0.05, 0) is 6.42 Å². The number of nitrogens with one attached hydrogen (secondary N) is 1. The lowest BCUT2D eigenvalue weighted by atomic mass is 10.2. The number of hydrogen-bond donors (Lipinski definition) is 3. The van der Waals surface area contributed by atoms with Crippen molar-refractivity contribution in [3.05, 3.63) is 0 Å². The molecular weight excluding hydrogens is 280 g/mol. The minimum absolute atomic E-state index is 0.0102. The average molecular weight is 306 g/mol. The summed E-state index contributed by atoms with van der Waals surface area (Å²) in [6.45, 7) is 3.79. The van der Waals surface area contributed by atoms with Crippen molar-refractivity contribution in [2.24, 2.45) is 5.73 Å². The number of carbonyl (C=O) groups excluding carboxylic acids is 1. The van der Waals surface area contributed by atoms with Crippen LogP contribution in [-0.4, -0.2) is 69.7 Å². The number of nitrogens with two attached hydrogens (primary N) is 1. The maximum absolute atomic E-state index is 11.3. The van der Waals surface area contributed by atoms with Gasteiger partial charge in [0.25, 0.3) is 0 Å². The summed E-state index contributed by atoms with van der Waals surface area (Å²) < 4.78 is 15.6. The first-order chi connectivity index (χ1) is 10.2. The van der Waals surface area contributed by atoms with Crippen LogP contribution >= 0.6 is 0 Å². The van der Waals surface area contributed by atoms with E-state index in [0.29, 0.717) is 59.2 Å². The molecule has 0 rings (SSSR count). The van der Waals surface area contributed by atoms with Crippen LogP contribution < -0.4 is 11.1 Å². The molecule has 0 aliphatic rings. The molecule has 21 heavy (non-hydrogen) atoms. The van der Waals surface area contributed by atoms with Crippen LogP contribution in [0.15, 0.2) is 0 Å². The topological polar surface area (TPSA) is 120 Å². The van der Waals surface area contributed by atoms with Gasteiger partial charge in [-0.2, -0.15) is 0 Å². The zero-order chi connectivity index (χ0) is 15.8. The number of hydrogen-bond acceptors (Lipinski definition) is 6. The summed E-state index contributed by atoms with van der Waals surface area (Å²) in [4.78, 5) is 21.5. The number of carboxylic acids is 1. The van der Waals surface area contributed by atoms with Crippen LogP contribution in [-0.2, 0) is 23.8 Å². The Morgan fingerprint density at radius 1 is 0.905 bits per heavy atom. The molecule has 0 aliphatic carbocycles. The van der Waals surface area contributed by atoms with Gasteiger partial charge in [-0.1, -0.05) is 0 Å². The predicted octanol–water partition coefficient (Wildman–Crippen LogP) is -0.634. The molecule has 8 heteroatoms. The molecule has 0 unspecified atom stereocenters. The largest absolute Gasteiger partial charge is 0.481 e. The van der Waals surface area contributed by atoms with Gasteiger partial charge in [0.15, 0.2) is 0 Å². The molecule has 8 nitrogen and oxygen atoms in total. The zero-order valence-corrected chi connectivity index (χ0v) is 12.3. The first kappa shape index (κ1) is 19.8. The van der Waals surface area contributed by atoms with Crippen LogP contribution in [0.25, 0.3) is 0 Å². The molecule has 0 radical (unpaired) electrons. The number of carbonyl (C=O) groups is 2. The van der Waals surface area contributed by atoms with Gasteiger partial charge in [-0.3, -0.25) is 9.59 Å². The summed E-state index contributed by atoms with van der Waals surface area (Å²) in [6, 6.07) is 0.